The van der Waals surface area contributed by atoms with E-state index in [0.29, 0.717) is 24.0 Å². The zero-order valence-corrected chi connectivity index (χ0v) is 11.8. The van der Waals surface area contributed by atoms with Crippen molar-refractivity contribution >= 4 is 17.3 Å². The standard InChI is InChI=1S/C13H23N5/c1-6-18(15)11-7-10(8(2)3)12(9(4)14)13(16-5)17-11/h7-8,14H,6,15H2,1-5H3,(H,16,17). The van der Waals surface area contributed by atoms with Gasteiger partial charge >= 0.3 is 0 Å². The summed E-state index contributed by atoms with van der Waals surface area (Å²) in [7, 11) is 1.81. The predicted octanol–water partition coefficient (Wildman–Crippen LogP) is 2.33. The highest BCUT2D eigenvalue weighted by molar-refractivity contribution is 6.02. The van der Waals surface area contributed by atoms with Crippen molar-refractivity contribution in [2.45, 2.75) is 33.6 Å². The van der Waals surface area contributed by atoms with Crippen LogP contribution in [0.5, 0.6) is 0 Å². The second-order valence-corrected chi connectivity index (χ2v) is 4.61. The Balaban J connectivity index is 3.48. The first-order chi connectivity index (χ1) is 8.42. The molecule has 0 bridgehead atoms. The number of hydrogen-bond donors (Lipinski definition) is 3. The van der Waals surface area contributed by atoms with E-state index in [2.05, 4.69) is 24.1 Å². The fourth-order valence-corrected chi connectivity index (χ4v) is 1.89. The summed E-state index contributed by atoms with van der Waals surface area (Å²) in [5, 5.41) is 12.6. The van der Waals surface area contributed by atoms with Crippen LogP contribution in [0.3, 0.4) is 0 Å². The van der Waals surface area contributed by atoms with Crippen LogP contribution in [-0.4, -0.2) is 24.3 Å². The molecule has 0 amide bonds. The molecule has 1 heterocycles. The third-order valence-corrected chi connectivity index (χ3v) is 2.91. The van der Waals surface area contributed by atoms with Crippen LogP contribution < -0.4 is 16.2 Å². The lowest BCUT2D eigenvalue weighted by Crippen LogP contribution is -2.31. The highest BCUT2D eigenvalue weighted by Gasteiger charge is 2.17. The van der Waals surface area contributed by atoms with Crippen molar-refractivity contribution in [3.05, 3.63) is 17.2 Å². The highest BCUT2D eigenvalue weighted by Crippen LogP contribution is 2.28. The van der Waals surface area contributed by atoms with E-state index in [1.165, 1.54) is 0 Å². The van der Waals surface area contributed by atoms with Crippen LogP contribution in [-0.2, 0) is 0 Å². The van der Waals surface area contributed by atoms with Crippen LogP contribution >= 0.6 is 0 Å². The zero-order chi connectivity index (χ0) is 13.9. The van der Waals surface area contributed by atoms with Gasteiger partial charge in [0.1, 0.15) is 11.6 Å². The fraction of sp³-hybridized carbons (Fsp3) is 0.538. The molecule has 0 radical (unpaired) electrons. The number of aromatic nitrogens is 1. The van der Waals surface area contributed by atoms with Crippen molar-refractivity contribution in [2.75, 3.05) is 23.9 Å². The van der Waals surface area contributed by atoms with E-state index in [0.717, 1.165) is 16.9 Å². The van der Waals surface area contributed by atoms with Gasteiger partial charge in [0.2, 0.25) is 0 Å². The number of nitrogens with two attached hydrogens (primary N) is 1. The smallest absolute Gasteiger partial charge is 0.145 e. The summed E-state index contributed by atoms with van der Waals surface area (Å²) in [4.78, 5) is 4.48. The number of pyridine rings is 1. The monoisotopic (exact) mass is 249 g/mol. The molecule has 0 spiro atoms. The quantitative estimate of drug-likeness (QED) is 0.425. The first-order valence-electron chi connectivity index (χ1n) is 6.22. The Morgan fingerprint density at radius 3 is 2.56 bits per heavy atom. The molecule has 5 heteroatoms. The lowest BCUT2D eigenvalue weighted by Gasteiger charge is -2.21. The summed E-state index contributed by atoms with van der Waals surface area (Å²) < 4.78 is 0. The van der Waals surface area contributed by atoms with Crippen LogP contribution in [0.15, 0.2) is 6.07 Å². The van der Waals surface area contributed by atoms with Crippen molar-refractivity contribution < 1.29 is 0 Å². The van der Waals surface area contributed by atoms with E-state index in [-0.39, 0.29) is 0 Å². The molecule has 0 aliphatic heterocycles. The minimum atomic E-state index is 0.319. The summed E-state index contributed by atoms with van der Waals surface area (Å²) in [5.74, 6) is 7.67. The second kappa shape index (κ2) is 5.82. The zero-order valence-electron chi connectivity index (χ0n) is 11.8. The second-order valence-electron chi connectivity index (χ2n) is 4.61. The largest absolute Gasteiger partial charge is 0.373 e. The van der Waals surface area contributed by atoms with Crippen molar-refractivity contribution in [1.29, 1.82) is 5.41 Å². The lowest BCUT2D eigenvalue weighted by molar-refractivity contribution is 0.836. The van der Waals surface area contributed by atoms with Gasteiger partial charge in [0.05, 0.1) is 0 Å². The van der Waals surface area contributed by atoms with Gasteiger partial charge in [-0.2, -0.15) is 0 Å². The van der Waals surface area contributed by atoms with E-state index in [9.17, 15) is 0 Å². The number of anilines is 2. The molecule has 4 N–H and O–H groups in total. The van der Waals surface area contributed by atoms with Gasteiger partial charge in [-0.25, -0.2) is 10.8 Å². The fourth-order valence-electron chi connectivity index (χ4n) is 1.89. The maximum Gasteiger partial charge on any atom is 0.145 e. The predicted molar refractivity (Wildman–Crippen MR) is 77.6 cm³/mol. The minimum Gasteiger partial charge on any atom is -0.373 e. The van der Waals surface area contributed by atoms with Crippen molar-refractivity contribution in [2.24, 2.45) is 5.84 Å². The summed E-state index contributed by atoms with van der Waals surface area (Å²) in [6.07, 6.45) is 0. The van der Waals surface area contributed by atoms with Crippen molar-refractivity contribution in [1.82, 2.24) is 4.98 Å². The first-order valence-corrected chi connectivity index (χ1v) is 6.22. The molecule has 1 aromatic rings. The number of hydrazine groups is 1. The number of nitrogens with zero attached hydrogens (tertiary/aromatic N) is 2. The van der Waals surface area contributed by atoms with Gasteiger partial charge in [-0.1, -0.05) is 13.8 Å². The molecular formula is C13H23N5. The minimum absolute atomic E-state index is 0.319. The molecule has 0 unspecified atom stereocenters. The Hall–Kier alpha value is -1.62. The van der Waals surface area contributed by atoms with Crippen LogP contribution in [0.2, 0.25) is 0 Å². The molecule has 0 saturated heterocycles. The van der Waals surface area contributed by atoms with Gasteiger partial charge in [-0.05, 0) is 31.4 Å². The highest BCUT2D eigenvalue weighted by atomic mass is 15.4. The Kier molecular flexibility index (Phi) is 4.67. The molecule has 0 atom stereocenters. The molecule has 5 nitrogen and oxygen atoms in total. The van der Waals surface area contributed by atoms with Gasteiger partial charge in [-0.15, -0.1) is 0 Å². The van der Waals surface area contributed by atoms with E-state index in [1.54, 1.807) is 11.9 Å². The molecule has 18 heavy (non-hydrogen) atoms. The van der Waals surface area contributed by atoms with E-state index < -0.39 is 0 Å². The molecule has 0 aliphatic carbocycles. The SMILES string of the molecule is CCN(N)c1cc(C(C)C)c(C(C)=N)c(NC)n1. The lowest BCUT2D eigenvalue weighted by atomic mass is 9.95. The van der Waals surface area contributed by atoms with Crippen LogP contribution in [0.4, 0.5) is 11.6 Å². The van der Waals surface area contributed by atoms with Crippen molar-refractivity contribution in [3.63, 3.8) is 0 Å². The molecule has 100 valence electrons. The van der Waals surface area contributed by atoms with E-state index >= 15 is 0 Å². The van der Waals surface area contributed by atoms with Crippen molar-refractivity contribution in [3.8, 4) is 0 Å². The van der Waals surface area contributed by atoms with Gasteiger partial charge in [0.25, 0.3) is 0 Å². The third kappa shape index (κ3) is 2.79. The Labute approximate surface area is 109 Å². The Morgan fingerprint density at radius 2 is 2.17 bits per heavy atom. The molecule has 0 aliphatic rings. The van der Waals surface area contributed by atoms with E-state index in [4.69, 9.17) is 11.3 Å². The number of rotatable bonds is 5. The Bertz CT molecular complexity index is 439. The van der Waals surface area contributed by atoms with Crippen LogP contribution in [0, 0.1) is 5.41 Å². The first kappa shape index (κ1) is 14.4. The molecule has 1 rings (SSSR count). The average Bonchev–Trinajstić information content (AvgIpc) is 2.35. The Morgan fingerprint density at radius 1 is 1.56 bits per heavy atom. The summed E-state index contributed by atoms with van der Waals surface area (Å²) in [6.45, 7) is 8.67. The maximum atomic E-state index is 7.91. The molecule has 0 fully saturated rings. The third-order valence-electron chi connectivity index (χ3n) is 2.91. The molecular weight excluding hydrogens is 226 g/mol. The number of hydrogen-bond acceptors (Lipinski definition) is 5. The summed E-state index contributed by atoms with van der Waals surface area (Å²) >= 11 is 0. The summed E-state index contributed by atoms with van der Waals surface area (Å²) in [6, 6.07) is 1.97. The molecule has 0 aromatic carbocycles. The maximum absolute atomic E-state index is 7.91. The number of nitrogens with one attached hydrogen (secondary N) is 2. The van der Waals surface area contributed by atoms with E-state index in [1.807, 2.05) is 20.0 Å². The van der Waals surface area contributed by atoms with Gasteiger partial charge in [-0.3, -0.25) is 5.01 Å². The summed E-state index contributed by atoms with van der Waals surface area (Å²) in [5.41, 5.74) is 2.49. The molecule has 0 saturated carbocycles. The van der Waals surface area contributed by atoms with Gasteiger partial charge in [0.15, 0.2) is 0 Å². The molecule has 1 aromatic heterocycles. The average molecular weight is 249 g/mol. The van der Waals surface area contributed by atoms with Crippen LogP contribution in [0.1, 0.15) is 44.7 Å². The topological polar surface area (TPSA) is 78.0 Å². The van der Waals surface area contributed by atoms with Gasteiger partial charge < -0.3 is 10.7 Å². The van der Waals surface area contributed by atoms with Crippen LogP contribution in [0.25, 0.3) is 0 Å². The van der Waals surface area contributed by atoms with Gasteiger partial charge in [0, 0.05) is 24.9 Å². The normalized spacial score (nSPS) is 10.6.